The second-order valence-corrected chi connectivity index (χ2v) is 8.95. The van der Waals surface area contributed by atoms with Crippen LogP contribution < -0.4 is 5.32 Å². The van der Waals surface area contributed by atoms with Crippen LogP contribution in [-0.4, -0.2) is 28.8 Å². The third-order valence-corrected chi connectivity index (χ3v) is 6.44. The van der Waals surface area contributed by atoms with Crippen LogP contribution in [0.5, 0.6) is 0 Å². The molecule has 1 aliphatic rings. The van der Waals surface area contributed by atoms with E-state index in [4.69, 9.17) is 11.6 Å². The van der Waals surface area contributed by atoms with Gasteiger partial charge in [-0.05, 0) is 43.4 Å². The Balaban J connectivity index is 1.82. The topological polar surface area (TPSA) is 49.4 Å². The Bertz CT molecular complexity index is 892. The molecule has 3 rings (SSSR count). The van der Waals surface area contributed by atoms with Crippen LogP contribution in [0, 0.1) is 6.92 Å². The first-order valence-corrected chi connectivity index (χ1v) is 11.7. The van der Waals surface area contributed by atoms with E-state index < -0.39 is 6.04 Å². The second kappa shape index (κ2) is 11.3. The summed E-state index contributed by atoms with van der Waals surface area (Å²) in [7, 11) is 0. The maximum Gasteiger partial charge on any atom is 0.243 e. The fourth-order valence-corrected chi connectivity index (χ4v) is 4.57. The molecule has 31 heavy (non-hydrogen) atoms. The molecule has 2 aromatic carbocycles. The minimum atomic E-state index is -0.518. The van der Waals surface area contributed by atoms with Crippen LogP contribution in [-0.2, 0) is 22.6 Å². The minimum Gasteiger partial charge on any atom is -0.352 e. The van der Waals surface area contributed by atoms with Gasteiger partial charge in [0.25, 0.3) is 0 Å². The van der Waals surface area contributed by atoms with Crippen molar-refractivity contribution >= 4 is 23.4 Å². The standard InChI is InChI=1S/C26H33ClN2O2/c1-3-24(26(31)28-22-13-5-4-6-14-22)29(18-21-12-7-8-15-23(21)27)25(30)17-20-11-9-10-19(2)16-20/h7-12,15-16,22,24H,3-6,13-14,17-18H2,1-2H3,(H,28,31). The van der Waals surface area contributed by atoms with Crippen molar-refractivity contribution in [2.24, 2.45) is 0 Å². The lowest BCUT2D eigenvalue weighted by atomic mass is 9.95. The highest BCUT2D eigenvalue weighted by atomic mass is 35.5. The highest BCUT2D eigenvalue weighted by molar-refractivity contribution is 6.31. The molecule has 1 atom stereocenters. The monoisotopic (exact) mass is 440 g/mol. The maximum absolute atomic E-state index is 13.4. The van der Waals surface area contributed by atoms with E-state index in [0.29, 0.717) is 18.0 Å². The average Bonchev–Trinajstić information content (AvgIpc) is 2.75. The molecule has 5 heteroatoms. The van der Waals surface area contributed by atoms with Gasteiger partial charge in [-0.15, -0.1) is 0 Å². The summed E-state index contributed by atoms with van der Waals surface area (Å²) in [6.07, 6.45) is 6.39. The summed E-state index contributed by atoms with van der Waals surface area (Å²) in [5, 5.41) is 3.82. The Kier molecular flexibility index (Phi) is 8.53. The van der Waals surface area contributed by atoms with Crippen LogP contribution in [0.3, 0.4) is 0 Å². The molecule has 1 unspecified atom stereocenters. The number of carbonyl (C=O) groups excluding carboxylic acids is 2. The van der Waals surface area contributed by atoms with E-state index in [1.165, 1.54) is 6.42 Å². The van der Waals surface area contributed by atoms with Gasteiger partial charge in [-0.1, -0.05) is 85.8 Å². The third-order valence-electron chi connectivity index (χ3n) is 6.07. The van der Waals surface area contributed by atoms with Crippen LogP contribution in [0.25, 0.3) is 0 Å². The number of rotatable bonds is 8. The van der Waals surface area contributed by atoms with Gasteiger partial charge >= 0.3 is 0 Å². The lowest BCUT2D eigenvalue weighted by Gasteiger charge is -2.33. The van der Waals surface area contributed by atoms with Crippen molar-refractivity contribution in [2.75, 3.05) is 0 Å². The lowest BCUT2D eigenvalue weighted by Crippen LogP contribution is -2.52. The van der Waals surface area contributed by atoms with E-state index >= 15 is 0 Å². The molecule has 0 saturated heterocycles. The molecule has 1 aliphatic carbocycles. The average molecular weight is 441 g/mol. The highest BCUT2D eigenvalue weighted by Crippen LogP contribution is 2.22. The molecular weight excluding hydrogens is 408 g/mol. The first kappa shape index (κ1) is 23.3. The summed E-state index contributed by atoms with van der Waals surface area (Å²) >= 11 is 6.40. The molecule has 0 bridgehead atoms. The zero-order valence-corrected chi connectivity index (χ0v) is 19.3. The van der Waals surface area contributed by atoms with Gasteiger partial charge in [-0.3, -0.25) is 9.59 Å². The first-order chi connectivity index (χ1) is 15.0. The summed E-state index contributed by atoms with van der Waals surface area (Å²) in [4.78, 5) is 28.4. The number of nitrogens with zero attached hydrogens (tertiary/aromatic N) is 1. The van der Waals surface area contributed by atoms with Gasteiger partial charge in [0.05, 0.1) is 6.42 Å². The third kappa shape index (κ3) is 6.57. The Morgan fingerprint density at radius 1 is 1.10 bits per heavy atom. The molecular formula is C26H33ClN2O2. The summed E-state index contributed by atoms with van der Waals surface area (Å²) in [6, 6.07) is 15.2. The Labute approximate surface area is 191 Å². The van der Waals surface area contributed by atoms with E-state index in [2.05, 4.69) is 5.32 Å². The predicted octanol–water partition coefficient (Wildman–Crippen LogP) is 5.45. The van der Waals surface area contributed by atoms with Gasteiger partial charge in [0.1, 0.15) is 6.04 Å². The number of carbonyl (C=O) groups is 2. The van der Waals surface area contributed by atoms with Crippen molar-refractivity contribution in [3.63, 3.8) is 0 Å². The fourth-order valence-electron chi connectivity index (χ4n) is 4.37. The van der Waals surface area contributed by atoms with E-state index in [0.717, 1.165) is 42.4 Å². The highest BCUT2D eigenvalue weighted by Gasteiger charge is 2.30. The number of hydrogen-bond donors (Lipinski definition) is 1. The smallest absolute Gasteiger partial charge is 0.243 e. The summed E-state index contributed by atoms with van der Waals surface area (Å²) in [5.41, 5.74) is 2.92. The number of halogens is 1. The second-order valence-electron chi connectivity index (χ2n) is 8.55. The maximum atomic E-state index is 13.4. The van der Waals surface area contributed by atoms with Crippen molar-refractivity contribution in [3.8, 4) is 0 Å². The van der Waals surface area contributed by atoms with Crippen LogP contribution in [0.1, 0.15) is 62.1 Å². The molecule has 2 aromatic rings. The van der Waals surface area contributed by atoms with E-state index in [-0.39, 0.29) is 24.3 Å². The lowest BCUT2D eigenvalue weighted by molar-refractivity contribution is -0.141. The Morgan fingerprint density at radius 2 is 1.84 bits per heavy atom. The number of hydrogen-bond acceptors (Lipinski definition) is 2. The fraction of sp³-hybridized carbons (Fsp3) is 0.462. The largest absolute Gasteiger partial charge is 0.352 e. The molecule has 0 aliphatic heterocycles. The number of benzene rings is 2. The zero-order valence-electron chi connectivity index (χ0n) is 18.6. The van der Waals surface area contributed by atoms with Gasteiger partial charge in [0.15, 0.2) is 0 Å². The quantitative estimate of drug-likeness (QED) is 0.593. The van der Waals surface area contributed by atoms with Gasteiger partial charge < -0.3 is 10.2 Å². The molecule has 0 heterocycles. The van der Waals surface area contributed by atoms with Gasteiger partial charge in [0, 0.05) is 17.6 Å². The molecule has 0 spiro atoms. The Morgan fingerprint density at radius 3 is 2.52 bits per heavy atom. The van der Waals surface area contributed by atoms with Gasteiger partial charge in [-0.25, -0.2) is 0 Å². The van der Waals surface area contributed by atoms with E-state index in [1.807, 2.05) is 62.4 Å². The van der Waals surface area contributed by atoms with Crippen molar-refractivity contribution < 1.29 is 9.59 Å². The summed E-state index contributed by atoms with van der Waals surface area (Å²) in [6.45, 7) is 4.30. The molecule has 4 nitrogen and oxygen atoms in total. The van der Waals surface area contributed by atoms with Gasteiger partial charge in [0.2, 0.25) is 11.8 Å². The Hall–Kier alpha value is -2.33. The van der Waals surface area contributed by atoms with Crippen LogP contribution in [0.2, 0.25) is 5.02 Å². The van der Waals surface area contributed by atoms with Crippen molar-refractivity contribution in [1.29, 1.82) is 0 Å². The molecule has 0 aromatic heterocycles. The van der Waals surface area contributed by atoms with Gasteiger partial charge in [-0.2, -0.15) is 0 Å². The number of amides is 2. The zero-order chi connectivity index (χ0) is 22.2. The van der Waals surface area contributed by atoms with E-state index in [9.17, 15) is 9.59 Å². The number of nitrogens with one attached hydrogen (secondary N) is 1. The van der Waals surface area contributed by atoms with Crippen LogP contribution >= 0.6 is 11.6 Å². The summed E-state index contributed by atoms with van der Waals surface area (Å²) in [5.74, 6) is -0.116. The predicted molar refractivity (Wildman–Crippen MR) is 126 cm³/mol. The SMILES string of the molecule is CCC(C(=O)NC1CCCCC1)N(Cc1ccccc1Cl)C(=O)Cc1cccc(C)c1. The number of aryl methyl sites for hydroxylation is 1. The normalized spacial score (nSPS) is 15.3. The van der Waals surface area contributed by atoms with Crippen LogP contribution in [0.15, 0.2) is 48.5 Å². The molecule has 1 saturated carbocycles. The summed E-state index contributed by atoms with van der Waals surface area (Å²) < 4.78 is 0. The van der Waals surface area contributed by atoms with Crippen LogP contribution in [0.4, 0.5) is 0 Å². The van der Waals surface area contributed by atoms with Crippen molar-refractivity contribution in [3.05, 3.63) is 70.2 Å². The van der Waals surface area contributed by atoms with Crippen molar-refractivity contribution in [2.45, 2.75) is 77.4 Å². The molecule has 166 valence electrons. The molecule has 2 amide bonds. The van der Waals surface area contributed by atoms with E-state index in [1.54, 1.807) is 4.90 Å². The molecule has 0 radical (unpaired) electrons. The van der Waals surface area contributed by atoms with Crippen molar-refractivity contribution in [1.82, 2.24) is 10.2 Å². The first-order valence-electron chi connectivity index (χ1n) is 11.4. The minimum absolute atomic E-state index is 0.0564. The molecule has 1 N–H and O–H groups in total. The molecule has 1 fully saturated rings.